The number of carbonyl (C=O) groups excluding carboxylic acids is 2. The van der Waals surface area contributed by atoms with Crippen molar-refractivity contribution in [3.05, 3.63) is 23.8 Å². The van der Waals surface area contributed by atoms with Crippen LogP contribution in [0.3, 0.4) is 0 Å². The van der Waals surface area contributed by atoms with Crippen LogP contribution in [0.15, 0.2) is 18.2 Å². The number of likely N-dealkylation sites (tertiary alicyclic amines) is 1. The number of rotatable bonds is 7. The van der Waals surface area contributed by atoms with Crippen LogP contribution in [0, 0.1) is 11.3 Å². The van der Waals surface area contributed by atoms with E-state index in [9.17, 15) is 9.59 Å². The van der Waals surface area contributed by atoms with Crippen LogP contribution in [-0.2, 0) is 9.53 Å². The summed E-state index contributed by atoms with van der Waals surface area (Å²) in [6.45, 7) is 3.34. The minimum absolute atomic E-state index is 0.0559. The van der Waals surface area contributed by atoms with Gasteiger partial charge in [0.25, 0.3) is 5.91 Å². The number of ether oxygens (including phenoxy) is 3. The quantitative estimate of drug-likeness (QED) is 0.703. The van der Waals surface area contributed by atoms with E-state index in [1.807, 2.05) is 6.92 Å². The Morgan fingerprint density at radius 1 is 1.16 bits per heavy atom. The number of benzene rings is 1. The Labute approximate surface area is 147 Å². The summed E-state index contributed by atoms with van der Waals surface area (Å²) in [6.07, 6.45) is 3.20. The van der Waals surface area contributed by atoms with Gasteiger partial charge in [-0.1, -0.05) is 0 Å². The monoisotopic (exact) mass is 346 g/mol. The highest BCUT2D eigenvalue weighted by atomic mass is 16.5. The first kappa shape index (κ1) is 18.6. The highest BCUT2D eigenvalue weighted by molar-refractivity contribution is 5.90. The lowest BCUT2D eigenvalue weighted by molar-refractivity contribution is -0.134. The fourth-order valence-corrected chi connectivity index (χ4v) is 2.58. The summed E-state index contributed by atoms with van der Waals surface area (Å²) < 4.78 is 15.9. The van der Waals surface area contributed by atoms with Crippen molar-refractivity contribution in [2.45, 2.75) is 26.2 Å². The standard InChI is InChI=1S/C18H22N2O5/c1-2-23-16-12-14(18(22)24-11-8-19)6-7-15(16)25-13-17(21)20-9-4-3-5-10-20/h6-7,12H,2-5,9-11,13H2,1H3. The van der Waals surface area contributed by atoms with Crippen LogP contribution in [0.1, 0.15) is 36.5 Å². The molecule has 1 aliphatic heterocycles. The smallest absolute Gasteiger partial charge is 0.339 e. The molecule has 0 unspecified atom stereocenters. The molecule has 1 fully saturated rings. The third-order valence-corrected chi connectivity index (χ3v) is 3.81. The van der Waals surface area contributed by atoms with Crippen LogP contribution in [-0.4, -0.2) is 49.7 Å². The van der Waals surface area contributed by atoms with E-state index in [1.54, 1.807) is 17.0 Å². The normalized spacial score (nSPS) is 13.7. The third-order valence-electron chi connectivity index (χ3n) is 3.81. The van der Waals surface area contributed by atoms with E-state index in [4.69, 9.17) is 19.5 Å². The Bertz CT molecular complexity index is 647. The van der Waals surface area contributed by atoms with E-state index < -0.39 is 5.97 Å². The van der Waals surface area contributed by atoms with Crippen molar-refractivity contribution in [2.75, 3.05) is 32.9 Å². The van der Waals surface area contributed by atoms with E-state index in [0.717, 1.165) is 32.4 Å². The second kappa shape index (κ2) is 9.52. The first-order chi connectivity index (χ1) is 12.2. The molecule has 7 heteroatoms. The zero-order valence-corrected chi connectivity index (χ0v) is 14.3. The van der Waals surface area contributed by atoms with Gasteiger partial charge in [-0.2, -0.15) is 5.26 Å². The number of amides is 1. The van der Waals surface area contributed by atoms with Crippen LogP contribution >= 0.6 is 0 Å². The molecular weight excluding hydrogens is 324 g/mol. The van der Waals surface area contributed by atoms with Crippen molar-refractivity contribution < 1.29 is 23.8 Å². The van der Waals surface area contributed by atoms with Crippen molar-refractivity contribution in [2.24, 2.45) is 0 Å². The molecule has 1 heterocycles. The summed E-state index contributed by atoms with van der Waals surface area (Å²) in [5.74, 6) is 0.0856. The van der Waals surface area contributed by atoms with Gasteiger partial charge in [0.1, 0.15) is 6.07 Å². The topological polar surface area (TPSA) is 88.9 Å². The lowest BCUT2D eigenvalue weighted by Gasteiger charge is -2.26. The molecule has 0 N–H and O–H groups in total. The molecule has 134 valence electrons. The maximum Gasteiger partial charge on any atom is 0.339 e. The molecule has 25 heavy (non-hydrogen) atoms. The van der Waals surface area contributed by atoms with Crippen molar-refractivity contribution in [1.82, 2.24) is 4.90 Å². The molecule has 1 aromatic rings. The molecule has 0 saturated carbocycles. The van der Waals surface area contributed by atoms with Crippen LogP contribution in [0.4, 0.5) is 0 Å². The van der Waals surface area contributed by atoms with Gasteiger partial charge in [0.2, 0.25) is 0 Å². The average molecular weight is 346 g/mol. The van der Waals surface area contributed by atoms with Crippen LogP contribution in [0.5, 0.6) is 11.5 Å². The molecule has 0 spiro atoms. The van der Waals surface area contributed by atoms with Gasteiger partial charge < -0.3 is 19.1 Å². The minimum Gasteiger partial charge on any atom is -0.490 e. The van der Waals surface area contributed by atoms with Gasteiger partial charge in [0, 0.05) is 13.1 Å². The number of hydrogen-bond acceptors (Lipinski definition) is 6. The van der Waals surface area contributed by atoms with E-state index in [1.165, 1.54) is 12.1 Å². The molecule has 2 rings (SSSR count). The van der Waals surface area contributed by atoms with Crippen LogP contribution < -0.4 is 9.47 Å². The van der Waals surface area contributed by atoms with Gasteiger partial charge in [0.05, 0.1) is 12.2 Å². The second-order valence-corrected chi connectivity index (χ2v) is 5.56. The Morgan fingerprint density at radius 3 is 2.60 bits per heavy atom. The molecule has 0 atom stereocenters. The fourth-order valence-electron chi connectivity index (χ4n) is 2.58. The van der Waals surface area contributed by atoms with Gasteiger partial charge in [-0.25, -0.2) is 4.79 Å². The zero-order valence-electron chi connectivity index (χ0n) is 14.3. The van der Waals surface area contributed by atoms with Gasteiger partial charge in [-0.3, -0.25) is 4.79 Å². The first-order valence-electron chi connectivity index (χ1n) is 8.37. The molecule has 0 bridgehead atoms. The van der Waals surface area contributed by atoms with E-state index in [2.05, 4.69) is 0 Å². The Balaban J connectivity index is 2.02. The SMILES string of the molecule is CCOc1cc(C(=O)OCC#N)ccc1OCC(=O)N1CCCCC1. The molecule has 7 nitrogen and oxygen atoms in total. The van der Waals surface area contributed by atoms with Crippen molar-refractivity contribution in [3.63, 3.8) is 0 Å². The molecule has 0 aliphatic carbocycles. The minimum atomic E-state index is -0.613. The number of nitrogens with zero attached hydrogens (tertiary/aromatic N) is 2. The van der Waals surface area contributed by atoms with E-state index in [0.29, 0.717) is 18.1 Å². The summed E-state index contributed by atoms with van der Waals surface area (Å²) in [5, 5.41) is 8.47. The Hall–Kier alpha value is -2.75. The summed E-state index contributed by atoms with van der Waals surface area (Å²) in [7, 11) is 0. The summed E-state index contributed by atoms with van der Waals surface area (Å²) >= 11 is 0. The van der Waals surface area contributed by atoms with E-state index >= 15 is 0 Å². The molecule has 1 aromatic carbocycles. The predicted molar refractivity (Wildman–Crippen MR) is 89.4 cm³/mol. The van der Waals surface area contributed by atoms with Crippen molar-refractivity contribution >= 4 is 11.9 Å². The first-order valence-corrected chi connectivity index (χ1v) is 8.37. The van der Waals surface area contributed by atoms with Crippen LogP contribution in [0.2, 0.25) is 0 Å². The van der Waals surface area contributed by atoms with Gasteiger partial charge in [-0.05, 0) is 44.4 Å². The predicted octanol–water partition coefficient (Wildman–Crippen LogP) is 2.16. The van der Waals surface area contributed by atoms with Crippen molar-refractivity contribution in [1.29, 1.82) is 5.26 Å². The highest BCUT2D eigenvalue weighted by Crippen LogP contribution is 2.29. The lowest BCUT2D eigenvalue weighted by Crippen LogP contribution is -2.38. The van der Waals surface area contributed by atoms with Crippen molar-refractivity contribution in [3.8, 4) is 17.6 Å². The summed E-state index contributed by atoms with van der Waals surface area (Å²) in [4.78, 5) is 25.8. The largest absolute Gasteiger partial charge is 0.490 e. The fraction of sp³-hybridized carbons (Fsp3) is 0.500. The number of carbonyl (C=O) groups is 2. The maximum atomic E-state index is 12.2. The lowest BCUT2D eigenvalue weighted by atomic mass is 10.1. The number of esters is 1. The second-order valence-electron chi connectivity index (χ2n) is 5.56. The third kappa shape index (κ3) is 5.38. The molecule has 0 radical (unpaired) electrons. The molecular formula is C18H22N2O5. The van der Waals surface area contributed by atoms with Crippen LogP contribution in [0.25, 0.3) is 0 Å². The summed E-state index contributed by atoms with van der Waals surface area (Å²) in [6, 6.07) is 6.32. The van der Waals surface area contributed by atoms with Gasteiger partial charge in [-0.15, -0.1) is 0 Å². The van der Waals surface area contributed by atoms with E-state index in [-0.39, 0.29) is 24.7 Å². The molecule has 1 amide bonds. The van der Waals surface area contributed by atoms with Gasteiger partial charge in [0.15, 0.2) is 24.7 Å². The van der Waals surface area contributed by atoms with Gasteiger partial charge >= 0.3 is 5.97 Å². The number of hydrogen-bond donors (Lipinski definition) is 0. The number of piperidine rings is 1. The number of nitriles is 1. The highest BCUT2D eigenvalue weighted by Gasteiger charge is 2.18. The molecule has 1 aliphatic rings. The molecule has 0 aromatic heterocycles. The summed E-state index contributed by atoms with van der Waals surface area (Å²) in [5.41, 5.74) is 0.258. The maximum absolute atomic E-state index is 12.2. The molecule has 1 saturated heterocycles. The zero-order chi connectivity index (χ0) is 18.1. The average Bonchev–Trinajstić information content (AvgIpc) is 2.65. The Morgan fingerprint density at radius 2 is 1.92 bits per heavy atom. The Kier molecular flexibility index (Phi) is 7.08.